The van der Waals surface area contributed by atoms with Crippen LogP contribution in [0.3, 0.4) is 0 Å². The van der Waals surface area contributed by atoms with Crippen LogP contribution in [0.2, 0.25) is 5.02 Å². The van der Waals surface area contributed by atoms with Crippen LogP contribution < -0.4 is 9.64 Å². The monoisotopic (exact) mass is 508 g/mol. The van der Waals surface area contributed by atoms with Crippen molar-refractivity contribution in [1.29, 1.82) is 0 Å². The number of hydrogen-bond donors (Lipinski definition) is 1. The summed E-state index contributed by atoms with van der Waals surface area (Å²) in [4.78, 5) is 18.4. The molecule has 0 bridgehead atoms. The quantitative estimate of drug-likeness (QED) is 0.394. The predicted molar refractivity (Wildman–Crippen MR) is 122 cm³/mol. The van der Waals surface area contributed by atoms with Crippen molar-refractivity contribution >= 4 is 23.2 Å². The fourth-order valence-electron chi connectivity index (χ4n) is 3.38. The molecule has 1 aliphatic carbocycles. The van der Waals surface area contributed by atoms with Crippen LogP contribution in [0.25, 0.3) is 0 Å². The molecule has 1 fully saturated rings. The molecule has 0 radical (unpaired) electrons. The summed E-state index contributed by atoms with van der Waals surface area (Å²) in [5.41, 5.74) is 0.0246. The zero-order valence-corrected chi connectivity index (χ0v) is 19.1. The molecule has 10 heteroatoms. The van der Waals surface area contributed by atoms with Crippen LogP contribution >= 0.6 is 11.6 Å². The Bertz CT molecular complexity index is 1180. The number of benzene rings is 2. The first kappa shape index (κ1) is 24.9. The number of nitrogens with zero attached hydrogens (tertiary/aromatic N) is 2. The normalized spacial score (nSPS) is 14.5. The molecule has 5 nitrogen and oxygen atoms in total. The number of alkyl halides is 3. The highest BCUT2D eigenvalue weighted by atomic mass is 35.5. The number of aromatic nitrogens is 1. The molecule has 1 aromatic heterocycles. The zero-order valence-electron chi connectivity index (χ0n) is 18.3. The van der Waals surface area contributed by atoms with Gasteiger partial charge in [-0.15, -0.1) is 0 Å². The van der Waals surface area contributed by atoms with Crippen molar-refractivity contribution in [2.45, 2.75) is 37.6 Å². The molecule has 0 unspecified atom stereocenters. The molecule has 1 N–H and O–H groups in total. The predicted octanol–water partition coefficient (Wildman–Crippen LogP) is 5.74. The van der Waals surface area contributed by atoms with Gasteiger partial charge in [0.05, 0.1) is 16.7 Å². The van der Waals surface area contributed by atoms with Gasteiger partial charge in [-0.3, -0.25) is 9.78 Å². The van der Waals surface area contributed by atoms with Gasteiger partial charge in [0, 0.05) is 36.6 Å². The van der Waals surface area contributed by atoms with Gasteiger partial charge in [-0.25, -0.2) is 4.39 Å². The molecule has 1 heterocycles. The fourth-order valence-corrected chi connectivity index (χ4v) is 3.55. The molecule has 1 amide bonds. The molecule has 184 valence electrons. The van der Waals surface area contributed by atoms with Crippen LogP contribution in [0.1, 0.15) is 35.8 Å². The Hall–Kier alpha value is -3.17. The van der Waals surface area contributed by atoms with E-state index < -0.39 is 29.6 Å². The Morgan fingerprint density at radius 1 is 1.14 bits per heavy atom. The molecule has 0 aliphatic heterocycles. The molecule has 4 rings (SSSR count). The maximum atomic E-state index is 13.3. The lowest BCUT2D eigenvalue weighted by molar-refractivity contribution is -0.137. The first-order valence-corrected chi connectivity index (χ1v) is 11.2. The average molecular weight is 509 g/mol. The van der Waals surface area contributed by atoms with Crippen molar-refractivity contribution in [3.8, 4) is 5.75 Å². The standard InChI is InChI=1S/C25H21ClF4N2O3/c26-21-10-7-19(13-22(21)35-20-8-9-20)32(24(34)23(33)15-1-4-17(27)5-2-15)12-11-18-6-3-16(14-31-18)25(28,29)30/h1-7,10,13-14,20,23,33H,8-9,11-12H2/t23-/m1/s1. The third-order valence-electron chi connectivity index (χ3n) is 5.47. The van der Waals surface area contributed by atoms with Crippen molar-refractivity contribution in [2.24, 2.45) is 0 Å². The van der Waals surface area contributed by atoms with Gasteiger partial charge in [0.15, 0.2) is 6.10 Å². The maximum Gasteiger partial charge on any atom is 0.417 e. The number of rotatable bonds is 8. The molecule has 1 saturated carbocycles. The largest absolute Gasteiger partial charge is 0.489 e. The summed E-state index contributed by atoms with van der Waals surface area (Å²) in [6.07, 6.45) is -3.42. The number of ether oxygens (including phenoxy) is 1. The van der Waals surface area contributed by atoms with Crippen molar-refractivity contribution in [2.75, 3.05) is 11.4 Å². The Morgan fingerprint density at radius 3 is 2.46 bits per heavy atom. The Labute approximate surface area is 203 Å². The van der Waals surface area contributed by atoms with E-state index in [2.05, 4.69) is 4.98 Å². The number of carbonyl (C=O) groups excluding carboxylic acids is 1. The Balaban J connectivity index is 1.59. The van der Waals surface area contributed by atoms with Crippen LogP contribution in [0.4, 0.5) is 23.2 Å². The Morgan fingerprint density at radius 2 is 1.86 bits per heavy atom. The van der Waals surface area contributed by atoms with Gasteiger partial charge in [0.2, 0.25) is 0 Å². The topological polar surface area (TPSA) is 62.7 Å². The summed E-state index contributed by atoms with van der Waals surface area (Å²) >= 11 is 6.23. The second-order valence-electron chi connectivity index (χ2n) is 8.16. The molecular formula is C25H21ClF4N2O3. The lowest BCUT2D eigenvalue weighted by Crippen LogP contribution is -2.37. The Kier molecular flexibility index (Phi) is 7.28. The number of aliphatic hydroxyl groups excluding tert-OH is 1. The van der Waals surface area contributed by atoms with Gasteiger partial charge in [-0.1, -0.05) is 23.7 Å². The van der Waals surface area contributed by atoms with Crippen LogP contribution in [0.5, 0.6) is 5.75 Å². The van der Waals surface area contributed by atoms with E-state index in [1.807, 2.05) is 0 Å². The van der Waals surface area contributed by atoms with E-state index >= 15 is 0 Å². The highest BCUT2D eigenvalue weighted by Gasteiger charge is 2.31. The second kappa shape index (κ2) is 10.2. The highest BCUT2D eigenvalue weighted by molar-refractivity contribution is 6.32. The van der Waals surface area contributed by atoms with Gasteiger partial charge < -0.3 is 14.7 Å². The first-order valence-electron chi connectivity index (χ1n) is 10.8. The number of aliphatic hydroxyl groups is 1. The van der Waals surface area contributed by atoms with Gasteiger partial charge >= 0.3 is 6.18 Å². The van der Waals surface area contributed by atoms with E-state index in [-0.39, 0.29) is 24.6 Å². The third kappa shape index (κ3) is 6.29. The number of amides is 1. The number of pyridine rings is 1. The lowest BCUT2D eigenvalue weighted by atomic mass is 10.1. The van der Waals surface area contributed by atoms with Crippen LogP contribution in [0.15, 0.2) is 60.8 Å². The van der Waals surface area contributed by atoms with Crippen LogP contribution in [-0.4, -0.2) is 28.6 Å². The number of carbonyl (C=O) groups is 1. The molecule has 1 aliphatic rings. The average Bonchev–Trinajstić information content (AvgIpc) is 3.65. The summed E-state index contributed by atoms with van der Waals surface area (Å²) in [5.74, 6) is -0.838. The molecule has 2 aromatic carbocycles. The number of halogens is 5. The van der Waals surface area contributed by atoms with Crippen molar-refractivity contribution < 1.29 is 32.2 Å². The van der Waals surface area contributed by atoms with Gasteiger partial charge in [-0.05, 0) is 54.8 Å². The first-order chi connectivity index (χ1) is 16.6. The minimum absolute atomic E-state index is 0.0000461. The number of anilines is 1. The summed E-state index contributed by atoms with van der Waals surface area (Å²) in [6, 6.07) is 11.8. The second-order valence-corrected chi connectivity index (χ2v) is 8.57. The van der Waals surface area contributed by atoms with Crippen LogP contribution in [0, 0.1) is 5.82 Å². The molecule has 0 spiro atoms. The molecule has 0 saturated heterocycles. The summed E-state index contributed by atoms with van der Waals surface area (Å²) in [5, 5.41) is 11.1. The lowest BCUT2D eigenvalue weighted by Gasteiger charge is -2.26. The van der Waals surface area contributed by atoms with Crippen LogP contribution in [-0.2, 0) is 17.4 Å². The summed E-state index contributed by atoms with van der Waals surface area (Å²) < 4.78 is 57.6. The van der Waals surface area contributed by atoms with Crippen molar-refractivity contribution in [3.05, 3.63) is 88.5 Å². The molecule has 1 atom stereocenters. The summed E-state index contributed by atoms with van der Waals surface area (Å²) in [6.45, 7) is -0.0000461. The minimum atomic E-state index is -4.51. The smallest absolute Gasteiger partial charge is 0.417 e. The fraction of sp³-hybridized carbons (Fsp3) is 0.280. The molecule has 35 heavy (non-hydrogen) atoms. The van der Waals surface area contributed by atoms with E-state index in [1.54, 1.807) is 18.2 Å². The van der Waals surface area contributed by atoms with E-state index in [0.717, 1.165) is 37.2 Å². The minimum Gasteiger partial charge on any atom is -0.489 e. The van der Waals surface area contributed by atoms with E-state index in [4.69, 9.17) is 16.3 Å². The maximum absolute atomic E-state index is 13.3. The highest BCUT2D eigenvalue weighted by Crippen LogP contribution is 2.35. The molecule has 3 aromatic rings. The molecular weight excluding hydrogens is 488 g/mol. The third-order valence-corrected chi connectivity index (χ3v) is 5.79. The van der Waals surface area contributed by atoms with Crippen molar-refractivity contribution in [1.82, 2.24) is 4.98 Å². The van der Waals surface area contributed by atoms with Gasteiger partial charge in [0.25, 0.3) is 5.91 Å². The van der Waals surface area contributed by atoms with Gasteiger partial charge in [0.1, 0.15) is 11.6 Å². The zero-order chi connectivity index (χ0) is 25.2. The summed E-state index contributed by atoms with van der Waals surface area (Å²) in [7, 11) is 0. The van der Waals surface area contributed by atoms with E-state index in [1.165, 1.54) is 23.1 Å². The van der Waals surface area contributed by atoms with E-state index in [0.29, 0.717) is 22.2 Å². The van der Waals surface area contributed by atoms with Gasteiger partial charge in [-0.2, -0.15) is 13.2 Å². The van der Waals surface area contributed by atoms with E-state index in [9.17, 15) is 27.5 Å². The number of hydrogen-bond acceptors (Lipinski definition) is 4. The van der Waals surface area contributed by atoms with Crippen molar-refractivity contribution in [3.63, 3.8) is 0 Å². The SMILES string of the molecule is O=C([C@H](O)c1ccc(F)cc1)N(CCc1ccc(C(F)(F)F)cn1)c1ccc(Cl)c(OC2CC2)c1.